The fourth-order valence-corrected chi connectivity index (χ4v) is 4.45. The van der Waals surface area contributed by atoms with Gasteiger partial charge in [-0.3, -0.25) is 4.79 Å². The van der Waals surface area contributed by atoms with E-state index in [1.54, 1.807) is 33.5 Å². The van der Waals surface area contributed by atoms with E-state index in [-0.39, 0.29) is 30.7 Å². The third-order valence-corrected chi connectivity index (χ3v) is 6.07. The lowest BCUT2D eigenvalue weighted by Crippen LogP contribution is -2.25. The van der Waals surface area contributed by atoms with Gasteiger partial charge in [-0.05, 0) is 42.8 Å². The first kappa shape index (κ1) is 21.0. The molecular weight excluding hydrogens is 449 g/mol. The molecule has 0 aliphatic carbocycles. The van der Waals surface area contributed by atoms with Crippen LogP contribution in [-0.2, 0) is 11.4 Å². The summed E-state index contributed by atoms with van der Waals surface area (Å²) in [5.74, 6) is 1.11. The monoisotopic (exact) mass is 469 g/mol. The molecule has 5 aromatic rings. The number of carbonyl (C=O) groups is 1. The first-order valence-electron chi connectivity index (χ1n) is 11.1. The van der Waals surface area contributed by atoms with Crippen LogP contribution in [0.15, 0.2) is 67.0 Å². The van der Waals surface area contributed by atoms with Crippen LogP contribution in [-0.4, -0.2) is 35.5 Å². The molecule has 1 atom stereocenters. The summed E-state index contributed by atoms with van der Waals surface area (Å²) in [6.07, 6.45) is 1.77. The first-order valence-corrected chi connectivity index (χ1v) is 11.1. The molecule has 0 bridgehead atoms. The number of nitrogens with one attached hydrogen (secondary N) is 1. The van der Waals surface area contributed by atoms with Crippen molar-refractivity contribution in [3.8, 4) is 11.6 Å². The number of aryl methyl sites for hydroxylation is 1. The summed E-state index contributed by atoms with van der Waals surface area (Å²) in [4.78, 5) is 12.8. The molecule has 1 aliphatic rings. The number of amides is 1. The van der Waals surface area contributed by atoms with Gasteiger partial charge in [0, 0.05) is 23.5 Å². The van der Waals surface area contributed by atoms with Crippen LogP contribution in [0.4, 0.5) is 10.2 Å². The number of nitrogens with zero attached hydrogens (tertiary/aromatic N) is 6. The van der Waals surface area contributed by atoms with Gasteiger partial charge in [-0.25, -0.2) is 4.39 Å². The van der Waals surface area contributed by atoms with Crippen molar-refractivity contribution in [3.05, 3.63) is 95.2 Å². The minimum Gasteiger partial charge on any atom is -0.489 e. The number of halogens is 1. The van der Waals surface area contributed by atoms with Crippen molar-refractivity contribution in [3.63, 3.8) is 0 Å². The highest BCUT2D eigenvalue weighted by atomic mass is 19.1. The van der Waals surface area contributed by atoms with Gasteiger partial charge >= 0.3 is 0 Å². The molecule has 9 nitrogen and oxygen atoms in total. The van der Waals surface area contributed by atoms with E-state index in [1.165, 1.54) is 18.5 Å². The van der Waals surface area contributed by atoms with Crippen LogP contribution in [0.3, 0.4) is 0 Å². The van der Waals surface area contributed by atoms with E-state index in [0.717, 1.165) is 22.4 Å². The van der Waals surface area contributed by atoms with E-state index in [9.17, 15) is 9.18 Å². The molecule has 1 aliphatic heterocycles. The molecule has 2 aromatic carbocycles. The zero-order valence-electron chi connectivity index (χ0n) is 18.7. The Morgan fingerprint density at radius 1 is 1.09 bits per heavy atom. The quantitative estimate of drug-likeness (QED) is 0.420. The highest BCUT2D eigenvalue weighted by Gasteiger charge is 2.34. The Labute approximate surface area is 199 Å². The van der Waals surface area contributed by atoms with Crippen molar-refractivity contribution < 1.29 is 13.9 Å². The standard InChI is InChI=1S/C25H20FN7O2/c1-15-24-19(18-4-2-3-5-20(18)35-13-16-6-8-17(26)9-7-16)12-23(34)28-25(24)33(30-15)22-11-10-21-29-27-14-32(21)31-22/h2-11,14,19H,12-13H2,1H3,(H,28,34). The van der Waals surface area contributed by atoms with Crippen LogP contribution < -0.4 is 10.1 Å². The minimum atomic E-state index is -0.291. The number of para-hydroxylation sites is 1. The van der Waals surface area contributed by atoms with Gasteiger partial charge in [-0.1, -0.05) is 30.3 Å². The van der Waals surface area contributed by atoms with Crippen molar-refractivity contribution in [2.75, 3.05) is 5.32 Å². The van der Waals surface area contributed by atoms with Crippen molar-refractivity contribution in [1.29, 1.82) is 0 Å². The molecule has 174 valence electrons. The van der Waals surface area contributed by atoms with Gasteiger partial charge in [0.05, 0.1) is 5.69 Å². The minimum absolute atomic E-state index is 0.123. The van der Waals surface area contributed by atoms with Crippen LogP contribution in [0.1, 0.15) is 34.7 Å². The zero-order valence-corrected chi connectivity index (χ0v) is 18.7. The number of aromatic nitrogens is 6. The van der Waals surface area contributed by atoms with Gasteiger partial charge in [0.25, 0.3) is 0 Å². The summed E-state index contributed by atoms with van der Waals surface area (Å²) in [5, 5.41) is 20.1. The molecule has 1 N–H and O–H groups in total. The van der Waals surface area contributed by atoms with Gasteiger partial charge in [0.1, 0.15) is 30.3 Å². The van der Waals surface area contributed by atoms with Crippen molar-refractivity contribution in [2.24, 2.45) is 0 Å². The highest BCUT2D eigenvalue weighted by molar-refractivity contribution is 5.95. The summed E-state index contributed by atoms with van der Waals surface area (Å²) in [7, 11) is 0. The zero-order chi connectivity index (χ0) is 23.9. The lowest BCUT2D eigenvalue weighted by Gasteiger charge is -2.26. The Hall–Kier alpha value is -4.60. The van der Waals surface area contributed by atoms with Crippen molar-refractivity contribution >= 4 is 17.4 Å². The number of anilines is 1. The Balaban J connectivity index is 1.39. The van der Waals surface area contributed by atoms with E-state index in [1.807, 2.05) is 31.2 Å². The third kappa shape index (κ3) is 3.78. The Bertz CT molecular complexity index is 1560. The van der Waals surface area contributed by atoms with E-state index < -0.39 is 0 Å². The Morgan fingerprint density at radius 3 is 2.77 bits per heavy atom. The largest absolute Gasteiger partial charge is 0.489 e. The first-order chi connectivity index (χ1) is 17.1. The molecule has 10 heteroatoms. The molecule has 0 saturated heterocycles. The summed E-state index contributed by atoms with van der Waals surface area (Å²) < 4.78 is 22.6. The predicted octanol–water partition coefficient (Wildman–Crippen LogP) is 3.81. The highest BCUT2D eigenvalue weighted by Crippen LogP contribution is 2.43. The fourth-order valence-electron chi connectivity index (χ4n) is 4.45. The van der Waals surface area contributed by atoms with Gasteiger partial charge in [0.15, 0.2) is 11.5 Å². The third-order valence-electron chi connectivity index (χ3n) is 6.07. The van der Waals surface area contributed by atoms with Gasteiger partial charge in [0.2, 0.25) is 5.91 Å². The molecule has 0 fully saturated rings. The number of hydrogen-bond donors (Lipinski definition) is 1. The molecule has 3 aromatic heterocycles. The smallest absolute Gasteiger partial charge is 0.226 e. The second-order valence-corrected chi connectivity index (χ2v) is 8.34. The average molecular weight is 469 g/mol. The maximum absolute atomic E-state index is 13.3. The molecule has 1 unspecified atom stereocenters. The normalized spacial score (nSPS) is 15.1. The lowest BCUT2D eigenvalue weighted by atomic mass is 9.85. The maximum atomic E-state index is 13.3. The molecular formula is C25H20FN7O2. The van der Waals surface area contributed by atoms with E-state index in [0.29, 0.717) is 23.0 Å². The van der Waals surface area contributed by atoms with Crippen molar-refractivity contribution in [2.45, 2.75) is 25.9 Å². The van der Waals surface area contributed by atoms with E-state index >= 15 is 0 Å². The topological polar surface area (TPSA) is 99.2 Å². The average Bonchev–Trinajstić information content (AvgIpc) is 3.47. The summed E-state index contributed by atoms with van der Waals surface area (Å²) in [5.41, 5.74) is 4.04. The summed E-state index contributed by atoms with van der Waals surface area (Å²) in [6, 6.07) is 17.4. The second-order valence-electron chi connectivity index (χ2n) is 8.34. The molecule has 4 heterocycles. The molecule has 0 saturated carbocycles. The van der Waals surface area contributed by atoms with Gasteiger partial charge in [-0.15, -0.1) is 15.3 Å². The Morgan fingerprint density at radius 2 is 1.91 bits per heavy atom. The predicted molar refractivity (Wildman–Crippen MR) is 125 cm³/mol. The summed E-state index contributed by atoms with van der Waals surface area (Å²) >= 11 is 0. The SMILES string of the molecule is Cc1nn(-c2ccc3nncn3n2)c2c1C(c1ccccc1OCc1ccc(F)cc1)CC(=O)N2. The number of hydrogen-bond acceptors (Lipinski definition) is 6. The maximum Gasteiger partial charge on any atom is 0.226 e. The van der Waals surface area contributed by atoms with Crippen LogP contribution in [0.2, 0.25) is 0 Å². The number of ether oxygens (including phenoxy) is 1. The molecule has 0 spiro atoms. The van der Waals surface area contributed by atoms with Crippen LogP contribution in [0.25, 0.3) is 11.5 Å². The van der Waals surface area contributed by atoms with E-state index in [4.69, 9.17) is 9.84 Å². The van der Waals surface area contributed by atoms with E-state index in [2.05, 4.69) is 20.6 Å². The molecule has 35 heavy (non-hydrogen) atoms. The number of carbonyl (C=O) groups excluding carboxylic acids is 1. The molecule has 0 radical (unpaired) electrons. The molecule has 6 rings (SSSR count). The van der Waals surface area contributed by atoms with Gasteiger partial charge in [-0.2, -0.15) is 14.3 Å². The number of fused-ring (bicyclic) bond motifs is 2. The fraction of sp³-hybridized carbons (Fsp3) is 0.160. The molecule has 1 amide bonds. The number of benzene rings is 2. The van der Waals surface area contributed by atoms with Crippen molar-refractivity contribution in [1.82, 2.24) is 29.6 Å². The lowest BCUT2D eigenvalue weighted by molar-refractivity contribution is -0.116. The van der Waals surface area contributed by atoms with Gasteiger partial charge < -0.3 is 10.1 Å². The van der Waals surface area contributed by atoms with Crippen LogP contribution >= 0.6 is 0 Å². The van der Waals surface area contributed by atoms with Crippen LogP contribution in [0, 0.1) is 12.7 Å². The summed E-state index contributed by atoms with van der Waals surface area (Å²) in [6.45, 7) is 2.20. The second kappa shape index (κ2) is 8.32. The van der Waals surface area contributed by atoms with Crippen LogP contribution in [0.5, 0.6) is 5.75 Å². The Kier molecular flexibility index (Phi) is 4.98. The number of rotatable bonds is 5.